The van der Waals surface area contributed by atoms with Crippen molar-refractivity contribution in [1.82, 2.24) is 0 Å². The largest absolute Gasteiger partial charge is 2.00 e. The summed E-state index contributed by atoms with van der Waals surface area (Å²) in [7, 11) is 0. The molecular formula is C4H10CoN2O2. The van der Waals surface area contributed by atoms with Gasteiger partial charge in [0.05, 0.1) is 12.4 Å². The third-order valence-corrected chi connectivity index (χ3v) is 0.200. The minimum absolute atomic E-state index is 0. The van der Waals surface area contributed by atoms with E-state index >= 15 is 0 Å². The smallest absolute Gasteiger partial charge is 0.411 e. The van der Waals surface area contributed by atoms with Crippen molar-refractivity contribution in [3.05, 3.63) is 14.9 Å². The molecule has 2 N–H and O–H groups in total. The summed E-state index contributed by atoms with van der Waals surface area (Å²) in [5, 5.41) is 20.1. The van der Waals surface area contributed by atoms with Crippen LogP contribution in [0.3, 0.4) is 0 Å². The minimum Gasteiger partial charge on any atom is -0.411 e. The molecule has 0 rings (SSSR count). The molecule has 0 atom stereocenters. The van der Waals surface area contributed by atoms with Crippen LogP contribution in [0.4, 0.5) is 0 Å². The van der Waals surface area contributed by atoms with Gasteiger partial charge < -0.3 is 25.3 Å². The molecule has 0 aliphatic heterocycles. The Bertz CT molecular complexity index is 65.0. The number of oxime groups is 2. The van der Waals surface area contributed by atoms with Crippen LogP contribution in [0, 0.1) is 14.9 Å². The summed E-state index contributed by atoms with van der Waals surface area (Å²) < 4.78 is 0. The van der Waals surface area contributed by atoms with E-state index in [1.165, 1.54) is 0 Å². The number of rotatable bonds is 1. The van der Waals surface area contributed by atoms with Gasteiger partial charge in [-0.25, -0.2) is 0 Å². The number of hydrogen-bond acceptors (Lipinski definition) is 4. The quantitative estimate of drug-likeness (QED) is 0.269. The maximum Gasteiger partial charge on any atom is 2.00 e. The minimum atomic E-state index is 0. The van der Waals surface area contributed by atoms with Crippen LogP contribution >= 0.6 is 0 Å². The molecule has 0 spiro atoms. The van der Waals surface area contributed by atoms with Crippen LogP contribution in [0.25, 0.3) is 0 Å². The van der Waals surface area contributed by atoms with Gasteiger partial charge in [0, 0.05) is 0 Å². The maximum absolute atomic E-state index is 7.56. The van der Waals surface area contributed by atoms with Gasteiger partial charge >= 0.3 is 16.8 Å². The Morgan fingerprint density at radius 1 is 0.889 bits per heavy atom. The van der Waals surface area contributed by atoms with E-state index in [0.29, 0.717) is 0 Å². The Hall–Kier alpha value is -0.554. The van der Waals surface area contributed by atoms with Crippen molar-refractivity contribution in [2.45, 2.75) is 0 Å². The van der Waals surface area contributed by atoms with E-state index in [0.717, 1.165) is 12.4 Å². The summed E-state index contributed by atoms with van der Waals surface area (Å²) in [6.45, 7) is 0. The topological polar surface area (TPSA) is 65.2 Å². The molecule has 0 aromatic heterocycles. The Labute approximate surface area is 65.5 Å². The van der Waals surface area contributed by atoms with Gasteiger partial charge in [-0.1, -0.05) is 10.3 Å². The molecule has 0 heterocycles. The molecule has 5 heteroatoms. The fourth-order valence-corrected chi connectivity index (χ4v) is 0.0596. The third-order valence-electron chi connectivity index (χ3n) is 0.200. The van der Waals surface area contributed by atoms with Crippen LogP contribution in [0.5, 0.6) is 0 Å². The molecule has 0 amide bonds. The number of nitrogens with zero attached hydrogens (tertiary/aromatic N) is 2. The van der Waals surface area contributed by atoms with E-state index in [1.54, 1.807) is 0 Å². The average molecular weight is 177 g/mol. The van der Waals surface area contributed by atoms with E-state index in [2.05, 4.69) is 10.3 Å². The molecule has 0 aromatic rings. The monoisotopic (exact) mass is 177 g/mol. The van der Waals surface area contributed by atoms with Gasteiger partial charge in [-0.2, -0.15) is 0 Å². The van der Waals surface area contributed by atoms with E-state index in [4.69, 9.17) is 10.4 Å². The molecule has 0 aromatic carbocycles. The zero-order chi connectivity index (χ0) is 4.83. The SMILES string of the molecule is ON=CC=NO.[CH3-].[CH3-].[Co+2]. The fourth-order valence-electron chi connectivity index (χ4n) is 0.0596. The molecule has 0 saturated heterocycles. The van der Waals surface area contributed by atoms with E-state index < -0.39 is 0 Å². The van der Waals surface area contributed by atoms with Gasteiger partial charge in [0.1, 0.15) is 0 Å². The molecule has 4 nitrogen and oxygen atoms in total. The van der Waals surface area contributed by atoms with Crippen molar-refractivity contribution in [1.29, 1.82) is 0 Å². The zero-order valence-electron chi connectivity index (χ0n) is 5.28. The first kappa shape index (κ1) is 23.7. The second kappa shape index (κ2) is 26.1. The third kappa shape index (κ3) is 36.9. The van der Waals surface area contributed by atoms with E-state index in [1.807, 2.05) is 0 Å². The maximum atomic E-state index is 7.56. The standard InChI is InChI=1S/C2H4N2O2.2CH3.Co/c5-3-1-2-4-6;;;/h1-2,5-6H;2*1H3;/q;2*-1;+2. The van der Waals surface area contributed by atoms with Crippen LogP contribution < -0.4 is 0 Å². The molecule has 0 bridgehead atoms. The van der Waals surface area contributed by atoms with Crippen molar-refractivity contribution < 1.29 is 27.2 Å². The normalized spacial score (nSPS) is 7.56. The second-order valence-corrected chi connectivity index (χ2v) is 0.529. The van der Waals surface area contributed by atoms with Gasteiger partial charge in [-0.3, -0.25) is 0 Å². The summed E-state index contributed by atoms with van der Waals surface area (Å²) in [5.41, 5.74) is 0. The van der Waals surface area contributed by atoms with Gasteiger partial charge in [0.15, 0.2) is 0 Å². The molecule has 0 fully saturated rings. The summed E-state index contributed by atoms with van der Waals surface area (Å²) >= 11 is 0. The summed E-state index contributed by atoms with van der Waals surface area (Å²) in [6.07, 6.45) is 1.89. The average Bonchev–Trinajstić information content (AvgIpc) is 1.61. The fraction of sp³-hybridized carbons (Fsp3) is 0. The molecule has 9 heavy (non-hydrogen) atoms. The molecule has 57 valence electrons. The van der Waals surface area contributed by atoms with Crippen LogP contribution in [-0.4, -0.2) is 22.8 Å². The summed E-state index contributed by atoms with van der Waals surface area (Å²) in [6, 6.07) is 0. The second-order valence-electron chi connectivity index (χ2n) is 0.529. The van der Waals surface area contributed by atoms with E-state index in [-0.39, 0.29) is 31.6 Å². The van der Waals surface area contributed by atoms with Crippen molar-refractivity contribution in [3.63, 3.8) is 0 Å². The Morgan fingerprint density at radius 3 is 1.22 bits per heavy atom. The van der Waals surface area contributed by atoms with Crippen molar-refractivity contribution in [3.8, 4) is 0 Å². The molecule has 0 aliphatic rings. The Balaban J connectivity index is -0.0000000417. The van der Waals surface area contributed by atoms with Crippen molar-refractivity contribution in [2.24, 2.45) is 10.3 Å². The first-order valence-electron chi connectivity index (χ1n) is 1.25. The van der Waals surface area contributed by atoms with Crippen LogP contribution in [-0.2, 0) is 16.8 Å². The molecule has 0 unspecified atom stereocenters. The van der Waals surface area contributed by atoms with Crippen molar-refractivity contribution in [2.75, 3.05) is 0 Å². The number of hydrogen-bond donors (Lipinski definition) is 2. The Kier molecular flexibility index (Phi) is 68.6. The molecular weight excluding hydrogens is 167 g/mol. The molecule has 1 radical (unpaired) electrons. The summed E-state index contributed by atoms with van der Waals surface area (Å²) in [5.74, 6) is 0. The van der Waals surface area contributed by atoms with Crippen LogP contribution in [0.15, 0.2) is 10.3 Å². The first-order valence-corrected chi connectivity index (χ1v) is 1.25. The van der Waals surface area contributed by atoms with Gasteiger partial charge in [-0.15, -0.1) is 0 Å². The predicted octanol–water partition coefficient (Wildman–Crippen LogP) is 0.804. The zero-order valence-corrected chi connectivity index (χ0v) is 6.32. The molecule has 0 saturated carbocycles. The van der Waals surface area contributed by atoms with Gasteiger partial charge in [-0.05, 0) is 0 Å². The predicted molar refractivity (Wildman–Crippen MR) is 33.4 cm³/mol. The molecule has 0 aliphatic carbocycles. The van der Waals surface area contributed by atoms with Crippen LogP contribution in [0.1, 0.15) is 0 Å². The van der Waals surface area contributed by atoms with Gasteiger partial charge in [0.2, 0.25) is 0 Å². The van der Waals surface area contributed by atoms with Gasteiger partial charge in [0.25, 0.3) is 0 Å². The Morgan fingerprint density at radius 2 is 1.11 bits per heavy atom. The van der Waals surface area contributed by atoms with Crippen LogP contribution in [0.2, 0.25) is 0 Å². The van der Waals surface area contributed by atoms with Crippen molar-refractivity contribution >= 4 is 12.4 Å². The van der Waals surface area contributed by atoms with E-state index in [9.17, 15) is 0 Å². The summed E-state index contributed by atoms with van der Waals surface area (Å²) in [4.78, 5) is 0. The first-order chi connectivity index (χ1) is 2.91.